The molecule has 88 valence electrons. The minimum absolute atomic E-state index is 0.0770. The molecule has 0 saturated heterocycles. The molecule has 2 aromatic rings. The zero-order valence-electron chi connectivity index (χ0n) is 9.38. The first-order chi connectivity index (χ1) is 8.27. The largest absolute Gasteiger partial charge is 0.329 e. The summed E-state index contributed by atoms with van der Waals surface area (Å²) in [5, 5.41) is 8.43. The Balaban J connectivity index is 1.89. The van der Waals surface area contributed by atoms with E-state index >= 15 is 0 Å². The van der Waals surface area contributed by atoms with Gasteiger partial charge in [-0.1, -0.05) is 0 Å². The van der Waals surface area contributed by atoms with Crippen molar-refractivity contribution in [3.05, 3.63) is 34.0 Å². The highest BCUT2D eigenvalue weighted by Gasteiger charge is 2.30. The Labute approximate surface area is 102 Å². The topological polar surface area (TPSA) is 61.9 Å². The molecule has 5 nitrogen and oxygen atoms in total. The van der Waals surface area contributed by atoms with Crippen LogP contribution in [0.4, 0.5) is 0 Å². The fourth-order valence-corrected chi connectivity index (χ4v) is 3.19. The van der Waals surface area contributed by atoms with Gasteiger partial charge in [0, 0.05) is 11.4 Å². The van der Waals surface area contributed by atoms with E-state index in [2.05, 4.69) is 33.6 Å². The maximum atomic E-state index is 12.2. The van der Waals surface area contributed by atoms with Crippen molar-refractivity contribution in [2.24, 2.45) is 0 Å². The molecule has 3 rings (SSSR count). The molecule has 0 radical (unpaired) electrons. The Morgan fingerprint density at radius 3 is 3.29 bits per heavy atom. The second kappa shape index (κ2) is 3.96. The van der Waals surface area contributed by atoms with Gasteiger partial charge in [0.2, 0.25) is 5.82 Å². The van der Waals surface area contributed by atoms with Crippen LogP contribution in [0, 0.1) is 0 Å². The fourth-order valence-electron chi connectivity index (χ4n) is 2.23. The predicted molar refractivity (Wildman–Crippen MR) is 63.9 cm³/mol. The Kier molecular flexibility index (Phi) is 2.44. The van der Waals surface area contributed by atoms with Crippen LogP contribution in [-0.4, -0.2) is 32.5 Å². The lowest BCUT2D eigenvalue weighted by Gasteiger charge is -2.32. The molecular formula is C11H12N4OS. The maximum Gasteiger partial charge on any atom is 0.291 e. The summed E-state index contributed by atoms with van der Waals surface area (Å²) in [7, 11) is 0. The Hall–Kier alpha value is -1.69. The normalized spacial score (nSPS) is 19.1. The van der Waals surface area contributed by atoms with Crippen molar-refractivity contribution in [3.8, 4) is 0 Å². The molecule has 0 saturated carbocycles. The third kappa shape index (κ3) is 1.64. The van der Waals surface area contributed by atoms with Crippen LogP contribution in [-0.2, 0) is 6.42 Å². The Morgan fingerprint density at radius 2 is 2.53 bits per heavy atom. The van der Waals surface area contributed by atoms with Gasteiger partial charge in [0.15, 0.2) is 0 Å². The van der Waals surface area contributed by atoms with E-state index in [0.717, 1.165) is 13.0 Å². The standard InChI is InChI=1S/C11H12N4OS/c1-7-8-3-5-17-9(8)2-4-15(7)11(16)10-12-6-13-14-10/h3,5-7H,2,4H2,1H3,(H,12,13,14). The summed E-state index contributed by atoms with van der Waals surface area (Å²) in [6, 6.07) is 2.22. The van der Waals surface area contributed by atoms with E-state index in [4.69, 9.17) is 0 Å². The maximum absolute atomic E-state index is 12.2. The van der Waals surface area contributed by atoms with Gasteiger partial charge >= 0.3 is 0 Å². The second-order valence-electron chi connectivity index (χ2n) is 4.06. The number of nitrogens with one attached hydrogen (secondary N) is 1. The van der Waals surface area contributed by atoms with Crippen LogP contribution in [0.2, 0.25) is 0 Å². The molecular weight excluding hydrogens is 236 g/mol. The van der Waals surface area contributed by atoms with Gasteiger partial charge in [-0.2, -0.15) is 5.10 Å². The quantitative estimate of drug-likeness (QED) is 0.834. The van der Waals surface area contributed by atoms with Crippen LogP contribution >= 0.6 is 11.3 Å². The zero-order valence-corrected chi connectivity index (χ0v) is 10.2. The van der Waals surface area contributed by atoms with Crippen molar-refractivity contribution in [1.82, 2.24) is 20.1 Å². The lowest BCUT2D eigenvalue weighted by Crippen LogP contribution is -2.38. The average molecular weight is 248 g/mol. The Morgan fingerprint density at radius 1 is 1.65 bits per heavy atom. The number of carbonyl (C=O) groups is 1. The number of hydrogen-bond acceptors (Lipinski definition) is 4. The van der Waals surface area contributed by atoms with E-state index in [-0.39, 0.29) is 11.9 Å². The molecule has 0 bridgehead atoms. The first kappa shape index (κ1) is 10.5. The van der Waals surface area contributed by atoms with Crippen LogP contribution in [0.15, 0.2) is 17.8 Å². The van der Waals surface area contributed by atoms with Gasteiger partial charge < -0.3 is 4.90 Å². The van der Waals surface area contributed by atoms with Crippen LogP contribution in [0.1, 0.15) is 34.0 Å². The highest BCUT2D eigenvalue weighted by molar-refractivity contribution is 7.10. The number of H-pyrrole nitrogens is 1. The molecule has 0 spiro atoms. The lowest BCUT2D eigenvalue weighted by molar-refractivity contribution is 0.0667. The summed E-state index contributed by atoms with van der Waals surface area (Å²) in [5.74, 6) is 0.238. The van der Waals surface area contributed by atoms with Gasteiger partial charge in [-0.3, -0.25) is 9.89 Å². The van der Waals surface area contributed by atoms with E-state index < -0.39 is 0 Å². The predicted octanol–water partition coefficient (Wildman–Crippen LogP) is 1.63. The Bertz CT molecular complexity index is 533. The number of carbonyl (C=O) groups excluding carboxylic acids is 1. The monoisotopic (exact) mass is 248 g/mol. The summed E-state index contributed by atoms with van der Waals surface area (Å²) < 4.78 is 0. The van der Waals surface area contributed by atoms with Crippen molar-refractivity contribution >= 4 is 17.2 Å². The molecule has 3 heterocycles. The molecule has 1 aliphatic rings. The molecule has 1 atom stereocenters. The molecule has 0 fully saturated rings. The van der Waals surface area contributed by atoms with Gasteiger partial charge in [-0.25, -0.2) is 4.98 Å². The van der Waals surface area contributed by atoms with E-state index in [1.807, 2.05) is 4.90 Å². The number of fused-ring (bicyclic) bond motifs is 1. The van der Waals surface area contributed by atoms with Crippen molar-refractivity contribution < 1.29 is 4.79 Å². The highest BCUT2D eigenvalue weighted by Crippen LogP contribution is 2.33. The van der Waals surface area contributed by atoms with E-state index in [1.165, 1.54) is 16.8 Å². The van der Waals surface area contributed by atoms with Crippen LogP contribution in [0.3, 0.4) is 0 Å². The number of amides is 1. The number of hydrogen-bond donors (Lipinski definition) is 1. The minimum Gasteiger partial charge on any atom is -0.329 e. The summed E-state index contributed by atoms with van der Waals surface area (Å²) in [6.45, 7) is 2.80. The molecule has 1 N–H and O–H groups in total. The number of aromatic nitrogens is 3. The molecule has 2 aromatic heterocycles. The zero-order chi connectivity index (χ0) is 11.8. The summed E-state index contributed by atoms with van der Waals surface area (Å²) in [6.07, 6.45) is 2.29. The summed E-state index contributed by atoms with van der Waals surface area (Å²) >= 11 is 1.77. The van der Waals surface area contributed by atoms with Gasteiger partial charge in [-0.05, 0) is 30.4 Å². The molecule has 1 unspecified atom stereocenters. The number of thiophene rings is 1. The van der Waals surface area contributed by atoms with Crippen LogP contribution < -0.4 is 0 Å². The summed E-state index contributed by atoms with van der Waals surface area (Å²) in [4.78, 5) is 19.3. The van der Waals surface area contributed by atoms with Crippen molar-refractivity contribution in [2.45, 2.75) is 19.4 Å². The average Bonchev–Trinajstić information content (AvgIpc) is 3.00. The number of aromatic amines is 1. The van der Waals surface area contributed by atoms with Crippen molar-refractivity contribution in [3.63, 3.8) is 0 Å². The molecule has 1 aliphatic heterocycles. The lowest BCUT2D eigenvalue weighted by atomic mass is 10.0. The minimum atomic E-state index is -0.0770. The number of nitrogens with zero attached hydrogens (tertiary/aromatic N) is 3. The molecule has 17 heavy (non-hydrogen) atoms. The molecule has 0 aliphatic carbocycles. The van der Waals surface area contributed by atoms with Crippen LogP contribution in [0.25, 0.3) is 0 Å². The third-order valence-electron chi connectivity index (χ3n) is 3.16. The van der Waals surface area contributed by atoms with Crippen molar-refractivity contribution in [2.75, 3.05) is 6.54 Å². The molecule has 0 aromatic carbocycles. The van der Waals surface area contributed by atoms with Gasteiger partial charge in [0.05, 0.1) is 6.04 Å². The first-order valence-corrected chi connectivity index (χ1v) is 6.38. The highest BCUT2D eigenvalue weighted by atomic mass is 32.1. The fraction of sp³-hybridized carbons (Fsp3) is 0.364. The van der Waals surface area contributed by atoms with Gasteiger partial charge in [-0.15, -0.1) is 11.3 Å². The smallest absolute Gasteiger partial charge is 0.291 e. The van der Waals surface area contributed by atoms with E-state index in [1.54, 1.807) is 11.3 Å². The second-order valence-corrected chi connectivity index (χ2v) is 5.06. The molecule has 1 amide bonds. The number of rotatable bonds is 1. The van der Waals surface area contributed by atoms with Gasteiger partial charge in [0.25, 0.3) is 5.91 Å². The van der Waals surface area contributed by atoms with Gasteiger partial charge in [0.1, 0.15) is 6.33 Å². The van der Waals surface area contributed by atoms with E-state index in [9.17, 15) is 4.79 Å². The SMILES string of the molecule is CC1c2ccsc2CCN1C(=O)c1ncn[nH]1. The molecule has 6 heteroatoms. The third-order valence-corrected chi connectivity index (χ3v) is 4.15. The summed E-state index contributed by atoms with van der Waals surface area (Å²) in [5.41, 5.74) is 1.26. The van der Waals surface area contributed by atoms with Crippen LogP contribution in [0.5, 0.6) is 0 Å². The first-order valence-electron chi connectivity index (χ1n) is 5.50. The van der Waals surface area contributed by atoms with E-state index in [0.29, 0.717) is 5.82 Å². The van der Waals surface area contributed by atoms with Crippen molar-refractivity contribution in [1.29, 1.82) is 0 Å².